The lowest BCUT2D eigenvalue weighted by Gasteiger charge is -2.07. The first-order valence-corrected chi connectivity index (χ1v) is 5.37. The molecule has 0 aliphatic carbocycles. The number of ether oxygens (including phenoxy) is 1. The van der Waals surface area contributed by atoms with E-state index in [0.29, 0.717) is 6.61 Å². The summed E-state index contributed by atoms with van der Waals surface area (Å²) in [5, 5.41) is 4.02. The molecule has 0 radical (unpaired) electrons. The van der Waals surface area contributed by atoms with Crippen LogP contribution in [0.25, 0.3) is 0 Å². The number of hydrogen-bond acceptors (Lipinski definition) is 2. The molecule has 72 valence electrons. The summed E-state index contributed by atoms with van der Waals surface area (Å²) in [6, 6.07) is 5.77. The van der Waals surface area contributed by atoms with Crippen LogP contribution in [0, 0.1) is 3.57 Å². The predicted molar refractivity (Wildman–Crippen MR) is 64.5 cm³/mol. The zero-order valence-corrected chi connectivity index (χ0v) is 10.2. The molecule has 1 aromatic rings. The molecule has 0 aromatic heterocycles. The highest BCUT2D eigenvalue weighted by Gasteiger charge is 1.98. The largest absolute Gasteiger partial charge is 0.383 e. The lowest BCUT2D eigenvalue weighted by Crippen LogP contribution is -2.08. The number of methoxy groups -OCH3 is 1. The van der Waals surface area contributed by atoms with Crippen molar-refractivity contribution in [2.24, 2.45) is 0 Å². The summed E-state index contributed by atoms with van der Waals surface area (Å²) in [5.41, 5.74) is 1.10. The first-order valence-electron chi connectivity index (χ1n) is 3.92. The summed E-state index contributed by atoms with van der Waals surface area (Å²) in [6.45, 7) is 1.52. The third-order valence-electron chi connectivity index (χ3n) is 1.55. The number of nitrogens with one attached hydrogen (secondary N) is 1. The van der Waals surface area contributed by atoms with Gasteiger partial charge in [0, 0.05) is 27.9 Å². The highest BCUT2D eigenvalue weighted by atomic mass is 127. The van der Waals surface area contributed by atoms with Gasteiger partial charge < -0.3 is 10.1 Å². The van der Waals surface area contributed by atoms with Crippen molar-refractivity contribution in [2.75, 3.05) is 25.6 Å². The van der Waals surface area contributed by atoms with Crippen molar-refractivity contribution in [3.8, 4) is 0 Å². The average molecular weight is 312 g/mol. The highest BCUT2D eigenvalue weighted by molar-refractivity contribution is 14.1. The summed E-state index contributed by atoms with van der Waals surface area (Å²) in [4.78, 5) is 0. The molecule has 0 saturated heterocycles. The molecular formula is C9H11ClINO. The Balaban J connectivity index is 2.56. The molecule has 1 aromatic carbocycles. The van der Waals surface area contributed by atoms with E-state index in [1.54, 1.807) is 7.11 Å². The summed E-state index contributed by atoms with van der Waals surface area (Å²) in [5.74, 6) is 0. The van der Waals surface area contributed by atoms with Crippen molar-refractivity contribution in [1.82, 2.24) is 0 Å². The van der Waals surface area contributed by atoms with Crippen molar-refractivity contribution in [2.45, 2.75) is 0 Å². The van der Waals surface area contributed by atoms with Gasteiger partial charge in [0.05, 0.1) is 6.61 Å². The molecule has 0 heterocycles. The maximum absolute atomic E-state index is 5.82. The smallest absolute Gasteiger partial charge is 0.0635 e. The Morgan fingerprint density at radius 2 is 2.31 bits per heavy atom. The van der Waals surface area contributed by atoms with E-state index >= 15 is 0 Å². The van der Waals surface area contributed by atoms with Crippen LogP contribution in [0.5, 0.6) is 0 Å². The van der Waals surface area contributed by atoms with Gasteiger partial charge in [0.1, 0.15) is 0 Å². The van der Waals surface area contributed by atoms with Gasteiger partial charge in [-0.3, -0.25) is 0 Å². The summed E-state index contributed by atoms with van der Waals surface area (Å²) >= 11 is 8.07. The van der Waals surface area contributed by atoms with E-state index in [0.717, 1.165) is 20.8 Å². The van der Waals surface area contributed by atoms with Gasteiger partial charge in [0.25, 0.3) is 0 Å². The van der Waals surface area contributed by atoms with Gasteiger partial charge >= 0.3 is 0 Å². The second-order valence-corrected chi connectivity index (χ2v) is 4.14. The maximum Gasteiger partial charge on any atom is 0.0635 e. The van der Waals surface area contributed by atoms with E-state index in [-0.39, 0.29) is 0 Å². The third kappa shape index (κ3) is 3.70. The lowest BCUT2D eigenvalue weighted by molar-refractivity contribution is 0.211. The second-order valence-electron chi connectivity index (χ2n) is 2.54. The molecule has 13 heavy (non-hydrogen) atoms. The summed E-state index contributed by atoms with van der Waals surface area (Å²) < 4.78 is 6.06. The SMILES string of the molecule is COCCNc1ccc(Cl)cc1I. The molecule has 0 amide bonds. The molecular weight excluding hydrogens is 300 g/mol. The fourth-order valence-corrected chi connectivity index (χ4v) is 1.98. The first kappa shape index (κ1) is 11.1. The van der Waals surface area contributed by atoms with E-state index < -0.39 is 0 Å². The first-order chi connectivity index (χ1) is 6.24. The van der Waals surface area contributed by atoms with Crippen LogP contribution in [0.2, 0.25) is 5.02 Å². The monoisotopic (exact) mass is 311 g/mol. The Hall–Kier alpha value is -0.000000000000000111. The van der Waals surface area contributed by atoms with Gasteiger partial charge in [-0.2, -0.15) is 0 Å². The van der Waals surface area contributed by atoms with Gasteiger partial charge in [-0.25, -0.2) is 0 Å². The number of benzene rings is 1. The van der Waals surface area contributed by atoms with Crippen LogP contribution in [0.3, 0.4) is 0 Å². The zero-order chi connectivity index (χ0) is 9.68. The molecule has 1 N–H and O–H groups in total. The zero-order valence-electron chi connectivity index (χ0n) is 7.31. The lowest BCUT2D eigenvalue weighted by atomic mass is 10.3. The predicted octanol–water partition coefficient (Wildman–Crippen LogP) is 3.00. The normalized spacial score (nSPS) is 10.1. The second kappa shape index (κ2) is 5.67. The molecule has 4 heteroatoms. The van der Waals surface area contributed by atoms with Crippen LogP contribution < -0.4 is 5.32 Å². The van der Waals surface area contributed by atoms with Gasteiger partial charge in [0.15, 0.2) is 0 Å². The topological polar surface area (TPSA) is 21.3 Å². The molecule has 0 saturated carbocycles. The Labute approximate surface area is 96.8 Å². The average Bonchev–Trinajstić information content (AvgIpc) is 2.09. The van der Waals surface area contributed by atoms with E-state index in [9.17, 15) is 0 Å². The van der Waals surface area contributed by atoms with E-state index in [2.05, 4.69) is 27.9 Å². The Morgan fingerprint density at radius 1 is 1.54 bits per heavy atom. The van der Waals surface area contributed by atoms with E-state index in [1.165, 1.54) is 0 Å². The number of anilines is 1. The van der Waals surface area contributed by atoms with Crippen LogP contribution in [0.1, 0.15) is 0 Å². The molecule has 0 unspecified atom stereocenters. The fraction of sp³-hybridized carbons (Fsp3) is 0.333. The Kier molecular flexibility index (Phi) is 4.83. The fourth-order valence-electron chi connectivity index (χ4n) is 0.921. The van der Waals surface area contributed by atoms with Crippen molar-refractivity contribution >= 4 is 39.9 Å². The molecule has 0 atom stereocenters. The van der Waals surface area contributed by atoms with Gasteiger partial charge in [-0.15, -0.1) is 0 Å². The van der Waals surface area contributed by atoms with Gasteiger partial charge in [-0.1, -0.05) is 11.6 Å². The molecule has 0 aliphatic rings. The van der Waals surface area contributed by atoms with Crippen LogP contribution in [-0.4, -0.2) is 20.3 Å². The van der Waals surface area contributed by atoms with Crippen LogP contribution in [0.4, 0.5) is 5.69 Å². The minimum Gasteiger partial charge on any atom is -0.383 e. The minimum absolute atomic E-state index is 0.707. The molecule has 0 bridgehead atoms. The van der Waals surface area contributed by atoms with Crippen LogP contribution in [0.15, 0.2) is 18.2 Å². The Bertz CT molecular complexity index is 280. The molecule has 0 fully saturated rings. The van der Waals surface area contributed by atoms with E-state index in [4.69, 9.17) is 16.3 Å². The van der Waals surface area contributed by atoms with Crippen LogP contribution in [-0.2, 0) is 4.74 Å². The molecule has 2 nitrogen and oxygen atoms in total. The number of hydrogen-bond donors (Lipinski definition) is 1. The summed E-state index contributed by atoms with van der Waals surface area (Å²) in [6.07, 6.45) is 0. The van der Waals surface area contributed by atoms with Gasteiger partial charge in [0.2, 0.25) is 0 Å². The molecule has 1 rings (SSSR count). The summed E-state index contributed by atoms with van der Waals surface area (Å²) in [7, 11) is 1.69. The Morgan fingerprint density at radius 3 is 2.92 bits per heavy atom. The van der Waals surface area contributed by atoms with Crippen molar-refractivity contribution in [1.29, 1.82) is 0 Å². The number of rotatable bonds is 4. The molecule has 0 spiro atoms. The van der Waals surface area contributed by atoms with Crippen LogP contribution >= 0.6 is 34.2 Å². The quantitative estimate of drug-likeness (QED) is 0.682. The van der Waals surface area contributed by atoms with E-state index in [1.807, 2.05) is 18.2 Å². The highest BCUT2D eigenvalue weighted by Crippen LogP contribution is 2.21. The molecule has 0 aliphatic heterocycles. The standard InChI is InChI=1S/C9H11ClINO/c1-13-5-4-12-9-3-2-7(10)6-8(9)11/h2-3,6,12H,4-5H2,1H3. The number of halogens is 2. The van der Waals surface area contributed by atoms with Crippen molar-refractivity contribution in [3.05, 3.63) is 26.8 Å². The van der Waals surface area contributed by atoms with Gasteiger partial charge in [-0.05, 0) is 40.8 Å². The third-order valence-corrected chi connectivity index (χ3v) is 2.68. The minimum atomic E-state index is 0.707. The maximum atomic E-state index is 5.82. The van der Waals surface area contributed by atoms with Crippen molar-refractivity contribution in [3.63, 3.8) is 0 Å². The van der Waals surface area contributed by atoms with Crippen molar-refractivity contribution < 1.29 is 4.74 Å².